The first-order valence-electron chi connectivity index (χ1n) is 4.23. The van der Waals surface area contributed by atoms with Crippen LogP contribution in [0.1, 0.15) is 32.5 Å². The Kier molecular flexibility index (Phi) is 8.06. The van der Waals surface area contributed by atoms with Crippen molar-refractivity contribution in [3.63, 3.8) is 0 Å². The zero-order chi connectivity index (χ0) is 14.2. The van der Waals surface area contributed by atoms with Crippen LogP contribution in [0.5, 0.6) is 0 Å². The van der Waals surface area contributed by atoms with E-state index in [-0.39, 0.29) is 58.4 Å². The Morgan fingerprint density at radius 3 is 1.32 bits per heavy atom. The molecule has 0 radical (unpaired) electrons. The number of rotatable bonds is 3. The van der Waals surface area contributed by atoms with E-state index in [0.717, 1.165) is 0 Å². The molecule has 0 unspecified atom stereocenters. The number of aromatic carboxylic acids is 1. The van der Waals surface area contributed by atoms with Gasteiger partial charge >= 0.3 is 35.5 Å². The third kappa shape index (κ3) is 3.93. The number of benzene rings is 1. The van der Waals surface area contributed by atoms with Gasteiger partial charge in [-0.15, -0.1) is 0 Å². The van der Waals surface area contributed by atoms with Gasteiger partial charge in [-0.05, 0) is 67.8 Å². The Labute approximate surface area is 172 Å². The topological polar surface area (TPSA) is 123 Å². The van der Waals surface area contributed by atoms with E-state index in [2.05, 4.69) is 0 Å². The summed E-state index contributed by atoms with van der Waals surface area (Å²) in [5.74, 6) is -2.85. The van der Waals surface area contributed by atoms with Gasteiger partial charge in [-0.3, -0.25) is 9.59 Å². The summed E-state index contributed by atoms with van der Waals surface area (Å²) in [5.41, 5.74) is 10.3. The van der Waals surface area contributed by atoms with Gasteiger partial charge in [-0.25, -0.2) is 4.79 Å². The maximum absolute atomic E-state index is 11.4. The van der Waals surface area contributed by atoms with Crippen molar-refractivity contribution in [3.05, 3.63) is 27.4 Å². The van der Waals surface area contributed by atoms with Crippen LogP contribution < -0.4 is 41.0 Å². The van der Waals surface area contributed by atoms with Crippen molar-refractivity contribution in [1.29, 1.82) is 0 Å². The van der Waals surface area contributed by atoms with E-state index >= 15 is 0 Å². The molecule has 0 fully saturated rings. The number of carboxylic acids is 1. The summed E-state index contributed by atoms with van der Waals surface area (Å²) >= 11 is 5.20. The van der Waals surface area contributed by atoms with Gasteiger partial charge in [0.1, 0.15) is 0 Å². The maximum Gasteiger partial charge on any atom is 1.00 e. The van der Waals surface area contributed by atoms with Gasteiger partial charge in [0.05, 0.1) is 16.7 Å². The number of hydrogen-bond acceptors (Lipinski definition) is 3. The molecule has 0 saturated heterocycles. The predicted octanol–water partition coefficient (Wildman–Crippen LogP) is -1.49. The second kappa shape index (κ2) is 7.72. The van der Waals surface area contributed by atoms with Gasteiger partial charge in [0.2, 0.25) is 0 Å². The number of halogens is 3. The average Bonchev–Trinajstić information content (AvgIpc) is 2.14. The van der Waals surface area contributed by atoms with E-state index in [0.29, 0.717) is 0 Å². The van der Waals surface area contributed by atoms with Gasteiger partial charge in [-0.2, -0.15) is 0 Å². The summed E-state index contributed by atoms with van der Waals surface area (Å²) in [5, 5.41) is 9.13. The average molecular weight is 610 g/mol. The molecule has 0 saturated carbocycles. The van der Waals surface area contributed by atoms with Crippen LogP contribution in [-0.2, 0) is 0 Å². The zero-order valence-corrected chi connectivity index (χ0v) is 17.9. The molecule has 10 heteroatoms. The van der Waals surface area contributed by atoms with E-state index < -0.39 is 17.8 Å². The zero-order valence-electron chi connectivity index (χ0n) is 10.5. The monoisotopic (exact) mass is 610 g/mol. The van der Waals surface area contributed by atoms with E-state index in [1.54, 1.807) is 67.8 Å². The van der Waals surface area contributed by atoms with Crippen LogP contribution in [0.4, 0.5) is 0 Å². The number of carboxylic acid groups (broad SMARTS) is 1. The Morgan fingerprint density at radius 2 is 1.11 bits per heavy atom. The Hall–Kier alpha value is 0.820. The standard InChI is InChI=1S/C9H5I3N2O4.Na.H/c10-4-1(7(13)15)5(11)3(9(17)18)6(12)2(4)8(14)16;;/h(H2,13,15)(H2,14,16)(H,17,18);;/q;+1;-1. The normalized spacial score (nSPS) is 9.63. The summed E-state index contributed by atoms with van der Waals surface area (Å²) in [6, 6.07) is 0. The summed E-state index contributed by atoms with van der Waals surface area (Å²) in [7, 11) is 0. The number of nitrogens with two attached hydrogens (primary N) is 2. The smallest absolute Gasteiger partial charge is 1.00 e. The molecule has 1 aromatic rings. The second-order valence-corrected chi connectivity index (χ2v) is 6.34. The van der Waals surface area contributed by atoms with Gasteiger partial charge in [0.15, 0.2) is 0 Å². The van der Waals surface area contributed by atoms with Crippen molar-refractivity contribution in [2.45, 2.75) is 0 Å². The first-order chi connectivity index (χ1) is 8.20. The van der Waals surface area contributed by atoms with Crippen LogP contribution >= 0.6 is 67.8 Å². The van der Waals surface area contributed by atoms with Crippen molar-refractivity contribution in [3.8, 4) is 0 Å². The molecule has 98 valence electrons. The number of primary amides is 2. The molecular weight excluding hydrogens is 604 g/mol. The third-order valence-corrected chi connectivity index (χ3v) is 5.26. The van der Waals surface area contributed by atoms with E-state index in [1.807, 2.05) is 0 Å². The van der Waals surface area contributed by atoms with Crippen molar-refractivity contribution < 1.29 is 50.5 Å². The molecule has 0 aromatic heterocycles. The van der Waals surface area contributed by atoms with Crippen molar-refractivity contribution >= 4 is 85.6 Å². The van der Waals surface area contributed by atoms with Gasteiger partial charge in [-0.1, -0.05) is 0 Å². The molecular formula is C9H6I3N2NaO4. The number of carbonyl (C=O) groups excluding carboxylic acids is 2. The predicted molar refractivity (Wildman–Crippen MR) is 89.7 cm³/mol. The van der Waals surface area contributed by atoms with Gasteiger partial charge < -0.3 is 18.0 Å². The van der Waals surface area contributed by atoms with Crippen LogP contribution in [-0.4, -0.2) is 22.9 Å². The summed E-state index contributed by atoms with van der Waals surface area (Å²) in [6.45, 7) is 0. The van der Waals surface area contributed by atoms with Crippen molar-refractivity contribution in [1.82, 2.24) is 0 Å². The van der Waals surface area contributed by atoms with Crippen LogP contribution in [0.3, 0.4) is 0 Å². The Balaban J connectivity index is 0. The minimum absolute atomic E-state index is 0. The number of carbonyl (C=O) groups is 3. The second-order valence-electron chi connectivity index (χ2n) is 3.10. The Morgan fingerprint density at radius 1 is 0.842 bits per heavy atom. The molecule has 0 bridgehead atoms. The number of hydrogen-bond donors (Lipinski definition) is 3. The molecule has 0 aliphatic heterocycles. The largest absolute Gasteiger partial charge is 1.00 e. The first-order valence-corrected chi connectivity index (χ1v) is 7.47. The van der Waals surface area contributed by atoms with Crippen LogP contribution in [0.15, 0.2) is 0 Å². The summed E-state index contributed by atoms with van der Waals surface area (Å²) in [4.78, 5) is 33.9. The summed E-state index contributed by atoms with van der Waals surface area (Å²) < 4.78 is 0.671. The fraction of sp³-hybridized carbons (Fsp3) is 0. The molecule has 1 aromatic carbocycles. The fourth-order valence-corrected chi connectivity index (χ4v) is 5.98. The first kappa shape index (κ1) is 19.8. The molecule has 0 atom stereocenters. The van der Waals surface area contributed by atoms with E-state index in [1.165, 1.54) is 0 Å². The van der Waals surface area contributed by atoms with Crippen LogP contribution in [0.2, 0.25) is 0 Å². The molecule has 5 N–H and O–H groups in total. The third-order valence-electron chi connectivity index (χ3n) is 2.02. The molecule has 0 heterocycles. The molecule has 0 spiro atoms. The SMILES string of the molecule is NC(=O)c1c(I)c(C(N)=O)c(I)c(C(=O)O)c1I.[H-].[Na+]. The van der Waals surface area contributed by atoms with E-state index in [9.17, 15) is 14.4 Å². The van der Waals surface area contributed by atoms with E-state index in [4.69, 9.17) is 16.6 Å². The minimum atomic E-state index is -1.25. The molecule has 0 aliphatic carbocycles. The van der Waals surface area contributed by atoms with Crippen molar-refractivity contribution in [2.24, 2.45) is 11.5 Å². The Bertz CT molecular complexity index is 495. The number of amides is 2. The molecule has 19 heavy (non-hydrogen) atoms. The van der Waals surface area contributed by atoms with Crippen LogP contribution in [0.25, 0.3) is 0 Å². The quantitative estimate of drug-likeness (QED) is 0.286. The van der Waals surface area contributed by atoms with Crippen LogP contribution in [0, 0.1) is 10.7 Å². The fourth-order valence-electron chi connectivity index (χ4n) is 1.28. The van der Waals surface area contributed by atoms with Crippen molar-refractivity contribution in [2.75, 3.05) is 0 Å². The molecule has 0 aliphatic rings. The molecule has 6 nitrogen and oxygen atoms in total. The maximum atomic E-state index is 11.4. The minimum Gasteiger partial charge on any atom is -1.00 e. The molecule has 1 rings (SSSR count). The molecule has 2 amide bonds. The summed E-state index contributed by atoms with van der Waals surface area (Å²) in [6.07, 6.45) is 0. The van der Waals surface area contributed by atoms with Gasteiger partial charge in [0.25, 0.3) is 11.8 Å². The van der Waals surface area contributed by atoms with Gasteiger partial charge in [0, 0.05) is 10.7 Å².